The lowest BCUT2D eigenvalue weighted by Gasteiger charge is -2.26. The molecule has 0 amide bonds. The Kier molecular flexibility index (Phi) is 8.26. The van der Waals surface area contributed by atoms with E-state index >= 15 is 0 Å². The van der Waals surface area contributed by atoms with Crippen molar-refractivity contribution in [2.75, 3.05) is 39.4 Å². The summed E-state index contributed by atoms with van der Waals surface area (Å²) in [6.45, 7) is 6.58. The monoisotopic (exact) mass is 376 g/mol. The van der Waals surface area contributed by atoms with Crippen LogP contribution in [0.4, 0.5) is 0 Å². The van der Waals surface area contributed by atoms with Gasteiger partial charge in [0.2, 0.25) is 0 Å². The quantitative estimate of drug-likeness (QED) is 0.795. The second-order valence-corrected chi connectivity index (χ2v) is 5.85. The van der Waals surface area contributed by atoms with E-state index in [1.54, 1.807) is 9.13 Å². The number of nitrogens with zero attached hydrogens (tertiary/aromatic N) is 3. The molecule has 136 valence electrons. The lowest BCUT2D eigenvalue weighted by Crippen LogP contribution is -2.40. The van der Waals surface area contributed by atoms with Crippen molar-refractivity contribution in [3.05, 3.63) is 34.2 Å². The molecule has 24 heavy (non-hydrogen) atoms. The van der Waals surface area contributed by atoms with Gasteiger partial charge in [-0.15, -0.1) is 24.8 Å². The van der Waals surface area contributed by atoms with E-state index in [0.29, 0.717) is 0 Å². The third kappa shape index (κ3) is 4.52. The summed E-state index contributed by atoms with van der Waals surface area (Å²) in [4.78, 5) is 14.3. The van der Waals surface area contributed by atoms with Crippen LogP contribution >= 0.6 is 24.8 Å². The summed E-state index contributed by atoms with van der Waals surface area (Å²) in [5.41, 5.74) is 3.19. The zero-order valence-corrected chi connectivity index (χ0v) is 15.8. The van der Waals surface area contributed by atoms with Crippen molar-refractivity contribution in [3.8, 4) is 0 Å². The minimum absolute atomic E-state index is 0. The number of rotatable bonds is 5. The molecule has 1 saturated heterocycles. The lowest BCUT2D eigenvalue weighted by atomic mass is 10.2. The predicted octanol–water partition coefficient (Wildman–Crippen LogP) is 1.14. The van der Waals surface area contributed by atoms with Gasteiger partial charge in [0.15, 0.2) is 0 Å². The molecule has 6 nitrogen and oxygen atoms in total. The third-order valence-corrected chi connectivity index (χ3v) is 4.37. The van der Waals surface area contributed by atoms with Crippen LogP contribution in [0.25, 0.3) is 11.0 Å². The molecule has 3 rings (SSSR count). The fourth-order valence-corrected chi connectivity index (χ4v) is 2.96. The zero-order valence-electron chi connectivity index (χ0n) is 14.2. The first-order valence-corrected chi connectivity index (χ1v) is 7.82. The highest BCUT2D eigenvalue weighted by Gasteiger charge is 2.10. The topological polar surface area (TPSA) is 51.4 Å². The molecular formula is C16H26Cl2N4O2. The van der Waals surface area contributed by atoms with E-state index in [0.717, 1.165) is 57.0 Å². The molecule has 0 aliphatic carbocycles. The van der Waals surface area contributed by atoms with Crippen LogP contribution in [-0.4, -0.2) is 53.4 Å². The van der Waals surface area contributed by atoms with Gasteiger partial charge in [0.25, 0.3) is 0 Å². The average Bonchev–Trinajstić information content (AvgIpc) is 2.77. The van der Waals surface area contributed by atoms with E-state index in [9.17, 15) is 4.79 Å². The van der Waals surface area contributed by atoms with Gasteiger partial charge in [-0.2, -0.15) is 0 Å². The van der Waals surface area contributed by atoms with Gasteiger partial charge in [0.05, 0.1) is 24.2 Å². The molecule has 8 heteroatoms. The summed E-state index contributed by atoms with van der Waals surface area (Å²) in [6, 6.07) is 6.21. The lowest BCUT2D eigenvalue weighted by molar-refractivity contribution is 0.0384. The van der Waals surface area contributed by atoms with Gasteiger partial charge in [-0.25, -0.2) is 4.79 Å². The van der Waals surface area contributed by atoms with Crippen molar-refractivity contribution in [3.63, 3.8) is 0 Å². The van der Waals surface area contributed by atoms with E-state index in [1.165, 1.54) is 5.56 Å². The molecule has 0 bridgehead atoms. The van der Waals surface area contributed by atoms with E-state index in [1.807, 2.05) is 20.2 Å². The second-order valence-electron chi connectivity index (χ2n) is 5.85. The van der Waals surface area contributed by atoms with E-state index in [2.05, 4.69) is 22.3 Å². The Morgan fingerprint density at radius 2 is 1.75 bits per heavy atom. The summed E-state index contributed by atoms with van der Waals surface area (Å²) in [7, 11) is 3.63. The number of ether oxygens (including phenoxy) is 1. The molecule has 1 aromatic carbocycles. The maximum atomic E-state index is 11.9. The molecule has 0 atom stereocenters. The largest absolute Gasteiger partial charge is 0.379 e. The fourth-order valence-electron chi connectivity index (χ4n) is 2.96. The number of hydrogen-bond acceptors (Lipinski definition) is 4. The maximum absolute atomic E-state index is 11.9. The van der Waals surface area contributed by atoms with E-state index in [-0.39, 0.29) is 30.5 Å². The molecular weight excluding hydrogens is 351 g/mol. The second kappa shape index (κ2) is 9.44. The number of fused-ring (bicyclic) bond motifs is 1. The Morgan fingerprint density at radius 1 is 1.08 bits per heavy atom. The summed E-state index contributed by atoms with van der Waals surface area (Å²) in [5, 5.41) is 3.48. The van der Waals surface area contributed by atoms with Crippen molar-refractivity contribution in [2.24, 2.45) is 14.1 Å². The number of morpholine rings is 1. The molecule has 0 spiro atoms. The number of aryl methyl sites for hydroxylation is 2. The minimum atomic E-state index is 0. The molecule has 2 heterocycles. The molecule has 1 N–H and O–H groups in total. The number of hydrogen-bond donors (Lipinski definition) is 1. The van der Waals surface area contributed by atoms with Gasteiger partial charge in [0, 0.05) is 46.8 Å². The van der Waals surface area contributed by atoms with Crippen LogP contribution in [0, 0.1) is 0 Å². The Labute approximate surface area is 154 Å². The Bertz CT molecular complexity index is 708. The summed E-state index contributed by atoms with van der Waals surface area (Å²) in [6.07, 6.45) is 0. The van der Waals surface area contributed by atoms with Crippen LogP contribution in [0.15, 0.2) is 23.0 Å². The smallest absolute Gasteiger partial charge is 0.328 e. The standard InChI is InChI=1S/C16H24N4O2.2ClH/c1-18-14-4-3-13(11-15(14)19(2)16(18)21)12-17-5-6-20-7-9-22-10-8-20;;/h3-4,11,17H,5-10,12H2,1-2H3;2*1H. The van der Waals surface area contributed by atoms with Crippen LogP contribution in [0.1, 0.15) is 5.56 Å². The van der Waals surface area contributed by atoms with Crippen LogP contribution in [0.5, 0.6) is 0 Å². The minimum Gasteiger partial charge on any atom is -0.379 e. The molecule has 1 aromatic heterocycles. The van der Waals surface area contributed by atoms with Crippen molar-refractivity contribution >= 4 is 35.8 Å². The first kappa shape index (κ1) is 21.0. The van der Waals surface area contributed by atoms with Crippen molar-refractivity contribution in [1.29, 1.82) is 0 Å². The molecule has 2 aromatic rings. The molecule has 0 unspecified atom stereocenters. The molecule has 1 fully saturated rings. The summed E-state index contributed by atoms with van der Waals surface area (Å²) >= 11 is 0. The van der Waals surface area contributed by atoms with Gasteiger partial charge >= 0.3 is 5.69 Å². The van der Waals surface area contributed by atoms with Crippen LogP contribution in [0.2, 0.25) is 0 Å². The van der Waals surface area contributed by atoms with Crippen LogP contribution in [-0.2, 0) is 25.4 Å². The number of benzene rings is 1. The van der Waals surface area contributed by atoms with Crippen molar-refractivity contribution in [2.45, 2.75) is 6.54 Å². The summed E-state index contributed by atoms with van der Waals surface area (Å²) in [5.74, 6) is 0. The van der Waals surface area contributed by atoms with Crippen molar-refractivity contribution < 1.29 is 4.74 Å². The highest BCUT2D eigenvalue weighted by Crippen LogP contribution is 2.13. The SMILES string of the molecule is Cl.Cl.Cn1c(=O)n(C)c2cc(CNCCN3CCOCC3)ccc21. The van der Waals surface area contributed by atoms with Gasteiger partial charge in [-0.05, 0) is 17.7 Å². The normalized spacial score (nSPS) is 15.1. The fraction of sp³-hybridized carbons (Fsp3) is 0.562. The van der Waals surface area contributed by atoms with E-state index in [4.69, 9.17) is 4.74 Å². The molecule has 1 aliphatic heterocycles. The molecule has 0 radical (unpaired) electrons. The Balaban J connectivity index is 0.00000144. The Morgan fingerprint density at radius 3 is 2.46 bits per heavy atom. The van der Waals surface area contributed by atoms with Gasteiger partial charge in [0.1, 0.15) is 0 Å². The molecule has 1 aliphatic rings. The van der Waals surface area contributed by atoms with Crippen LogP contribution < -0.4 is 11.0 Å². The third-order valence-electron chi connectivity index (χ3n) is 4.37. The summed E-state index contributed by atoms with van der Waals surface area (Å²) < 4.78 is 8.73. The first-order chi connectivity index (χ1) is 10.7. The maximum Gasteiger partial charge on any atom is 0.328 e. The van der Waals surface area contributed by atoms with Crippen molar-refractivity contribution in [1.82, 2.24) is 19.4 Å². The van der Waals surface area contributed by atoms with Gasteiger partial charge < -0.3 is 10.1 Å². The average molecular weight is 377 g/mol. The highest BCUT2D eigenvalue weighted by molar-refractivity contribution is 5.85. The number of nitrogens with one attached hydrogen (secondary N) is 1. The van der Waals surface area contributed by atoms with Gasteiger partial charge in [-0.3, -0.25) is 14.0 Å². The number of halogens is 2. The highest BCUT2D eigenvalue weighted by atomic mass is 35.5. The zero-order chi connectivity index (χ0) is 15.5. The van der Waals surface area contributed by atoms with E-state index < -0.39 is 0 Å². The predicted molar refractivity (Wildman–Crippen MR) is 102 cm³/mol. The number of aromatic nitrogens is 2. The first-order valence-electron chi connectivity index (χ1n) is 7.82. The van der Waals surface area contributed by atoms with Gasteiger partial charge in [-0.1, -0.05) is 6.07 Å². The van der Waals surface area contributed by atoms with Crippen LogP contribution in [0.3, 0.4) is 0 Å². The molecule has 0 saturated carbocycles. The Hall–Kier alpha value is -1.05. The number of imidazole rings is 1.